The number of nitro groups is 1. The summed E-state index contributed by atoms with van der Waals surface area (Å²) in [6.07, 6.45) is 0. The highest BCUT2D eigenvalue weighted by atomic mass is 32.1. The molecule has 5 heteroatoms. The molecule has 2 aromatic carbocycles. The van der Waals surface area contributed by atoms with Crippen LogP contribution in [0.3, 0.4) is 0 Å². The van der Waals surface area contributed by atoms with Gasteiger partial charge >= 0.3 is 0 Å². The van der Waals surface area contributed by atoms with Crippen molar-refractivity contribution in [3.63, 3.8) is 0 Å². The summed E-state index contributed by atoms with van der Waals surface area (Å²) >= 11 is 1.39. The molecule has 3 rings (SSSR count). The molecule has 0 N–H and O–H groups in total. The maximum atomic E-state index is 12.2. The van der Waals surface area contributed by atoms with Crippen LogP contribution in [0.25, 0.3) is 20.2 Å². The second kappa shape index (κ2) is 3.89. The highest BCUT2D eigenvalue weighted by Crippen LogP contribution is 2.27. The maximum absolute atomic E-state index is 12.2. The molecule has 0 saturated carbocycles. The molecule has 88 valence electrons. The van der Waals surface area contributed by atoms with Gasteiger partial charge in [0.15, 0.2) is 5.43 Å². The molecule has 0 aliphatic heterocycles. The zero-order chi connectivity index (χ0) is 12.7. The Kier molecular flexibility index (Phi) is 2.34. The first-order valence-electron chi connectivity index (χ1n) is 5.27. The van der Waals surface area contributed by atoms with Crippen LogP contribution in [0.2, 0.25) is 0 Å². The smallest absolute Gasteiger partial charge is 0.270 e. The number of hydrogen-bond acceptors (Lipinski definition) is 4. The molecule has 4 nitrogen and oxygen atoms in total. The van der Waals surface area contributed by atoms with Crippen LogP contribution in [0.5, 0.6) is 0 Å². The van der Waals surface area contributed by atoms with Gasteiger partial charge in [-0.1, -0.05) is 12.1 Å². The third-order valence-electron chi connectivity index (χ3n) is 2.77. The van der Waals surface area contributed by atoms with Gasteiger partial charge in [-0.05, 0) is 18.2 Å². The second-order valence-electron chi connectivity index (χ2n) is 3.86. The van der Waals surface area contributed by atoms with E-state index in [0.717, 1.165) is 4.70 Å². The molecule has 0 saturated heterocycles. The normalized spacial score (nSPS) is 10.9. The average Bonchev–Trinajstić information content (AvgIpc) is 2.38. The lowest BCUT2D eigenvalue weighted by atomic mass is 10.2. The van der Waals surface area contributed by atoms with Crippen LogP contribution in [0.1, 0.15) is 0 Å². The molecule has 18 heavy (non-hydrogen) atoms. The van der Waals surface area contributed by atoms with E-state index in [-0.39, 0.29) is 11.1 Å². The highest BCUT2D eigenvalue weighted by Gasteiger charge is 2.10. The van der Waals surface area contributed by atoms with Gasteiger partial charge in [-0.2, -0.15) is 0 Å². The molecule has 1 aromatic heterocycles. The van der Waals surface area contributed by atoms with Crippen molar-refractivity contribution in [3.8, 4) is 0 Å². The zero-order valence-corrected chi connectivity index (χ0v) is 9.94. The van der Waals surface area contributed by atoms with E-state index >= 15 is 0 Å². The van der Waals surface area contributed by atoms with Crippen LogP contribution in [0.15, 0.2) is 47.3 Å². The summed E-state index contributed by atoms with van der Waals surface area (Å²) in [4.78, 5) is 22.5. The SMILES string of the molecule is O=c1c2ccccc2sc2cc([N+](=O)[O-])ccc12. The molecule has 0 unspecified atom stereocenters. The van der Waals surface area contributed by atoms with Gasteiger partial charge in [0.25, 0.3) is 5.69 Å². The van der Waals surface area contributed by atoms with Gasteiger partial charge in [0.1, 0.15) is 0 Å². The standard InChI is InChI=1S/C13H7NO3S/c15-13-9-3-1-2-4-11(9)18-12-7-8(14(16)17)5-6-10(12)13/h1-7H. The second-order valence-corrected chi connectivity index (χ2v) is 4.95. The zero-order valence-electron chi connectivity index (χ0n) is 9.12. The molecule has 0 radical (unpaired) electrons. The van der Waals surface area contributed by atoms with E-state index in [1.54, 1.807) is 6.07 Å². The summed E-state index contributed by atoms with van der Waals surface area (Å²) in [5.74, 6) is 0. The Hall–Kier alpha value is -2.27. The fourth-order valence-corrected chi connectivity index (χ4v) is 3.01. The average molecular weight is 257 g/mol. The Balaban J connectivity index is 2.48. The number of benzene rings is 2. The minimum absolute atomic E-state index is 0.00781. The molecule has 0 spiro atoms. The fraction of sp³-hybridized carbons (Fsp3) is 0. The maximum Gasteiger partial charge on any atom is 0.270 e. The van der Waals surface area contributed by atoms with Crippen LogP contribution >= 0.6 is 11.3 Å². The predicted octanol–water partition coefficient (Wildman–Crippen LogP) is 3.32. The van der Waals surface area contributed by atoms with Crippen molar-refractivity contribution in [3.05, 3.63) is 62.8 Å². The van der Waals surface area contributed by atoms with Gasteiger partial charge in [-0.3, -0.25) is 14.9 Å². The van der Waals surface area contributed by atoms with Crippen molar-refractivity contribution in [1.82, 2.24) is 0 Å². The van der Waals surface area contributed by atoms with Gasteiger partial charge in [0.05, 0.1) is 4.92 Å². The molecule has 1 heterocycles. The number of nitrogens with zero attached hydrogens (tertiary/aromatic N) is 1. The lowest BCUT2D eigenvalue weighted by Crippen LogP contribution is -2.00. The fourth-order valence-electron chi connectivity index (χ4n) is 1.90. The summed E-state index contributed by atoms with van der Waals surface area (Å²) in [6.45, 7) is 0. The predicted molar refractivity (Wildman–Crippen MR) is 72.3 cm³/mol. The van der Waals surface area contributed by atoms with E-state index in [9.17, 15) is 14.9 Å². The molecule has 0 amide bonds. The Bertz CT molecular complexity index is 838. The van der Waals surface area contributed by atoms with Crippen molar-refractivity contribution in [2.75, 3.05) is 0 Å². The van der Waals surface area contributed by atoms with Gasteiger partial charge < -0.3 is 0 Å². The third-order valence-corrected chi connectivity index (χ3v) is 3.91. The van der Waals surface area contributed by atoms with Crippen LogP contribution in [-0.2, 0) is 0 Å². The summed E-state index contributed by atoms with van der Waals surface area (Å²) in [7, 11) is 0. The number of rotatable bonds is 1. The molecular weight excluding hydrogens is 250 g/mol. The number of hydrogen-bond donors (Lipinski definition) is 0. The van der Waals surface area contributed by atoms with Crippen molar-refractivity contribution in [1.29, 1.82) is 0 Å². The number of nitro benzene ring substituents is 1. The van der Waals surface area contributed by atoms with E-state index in [0.29, 0.717) is 15.5 Å². The summed E-state index contributed by atoms with van der Waals surface area (Å²) < 4.78 is 1.49. The van der Waals surface area contributed by atoms with E-state index in [1.807, 2.05) is 18.2 Å². The highest BCUT2D eigenvalue weighted by molar-refractivity contribution is 7.24. The quantitative estimate of drug-likeness (QED) is 0.381. The van der Waals surface area contributed by atoms with Crippen molar-refractivity contribution >= 4 is 37.2 Å². The van der Waals surface area contributed by atoms with E-state index in [1.165, 1.54) is 29.5 Å². The number of non-ortho nitro benzene ring substituents is 1. The van der Waals surface area contributed by atoms with Crippen molar-refractivity contribution in [2.45, 2.75) is 0 Å². The minimum atomic E-state index is -0.453. The lowest BCUT2D eigenvalue weighted by Gasteiger charge is -2.00. The van der Waals surface area contributed by atoms with Gasteiger partial charge in [-0.25, -0.2) is 0 Å². The van der Waals surface area contributed by atoms with Crippen molar-refractivity contribution < 1.29 is 4.92 Å². The van der Waals surface area contributed by atoms with E-state index in [2.05, 4.69) is 0 Å². The van der Waals surface area contributed by atoms with Crippen LogP contribution < -0.4 is 5.43 Å². The van der Waals surface area contributed by atoms with E-state index < -0.39 is 4.92 Å². The van der Waals surface area contributed by atoms with Crippen LogP contribution in [0, 0.1) is 10.1 Å². The summed E-state index contributed by atoms with van der Waals surface area (Å²) in [5.41, 5.74) is -0.0670. The monoisotopic (exact) mass is 257 g/mol. The molecule has 0 aliphatic carbocycles. The van der Waals surface area contributed by atoms with Crippen LogP contribution in [0.4, 0.5) is 5.69 Å². The molecule has 0 bridgehead atoms. The first-order chi connectivity index (χ1) is 8.66. The lowest BCUT2D eigenvalue weighted by molar-refractivity contribution is -0.384. The first kappa shape index (κ1) is 10.9. The Morgan fingerprint density at radius 1 is 1.00 bits per heavy atom. The van der Waals surface area contributed by atoms with Crippen LogP contribution in [-0.4, -0.2) is 4.92 Å². The molecular formula is C13H7NO3S. The van der Waals surface area contributed by atoms with Gasteiger partial charge in [0, 0.05) is 32.3 Å². The van der Waals surface area contributed by atoms with Gasteiger partial charge in [-0.15, -0.1) is 11.3 Å². The summed E-state index contributed by atoms with van der Waals surface area (Å²) in [5, 5.41) is 11.9. The van der Waals surface area contributed by atoms with E-state index in [4.69, 9.17) is 0 Å². The topological polar surface area (TPSA) is 60.2 Å². The van der Waals surface area contributed by atoms with Gasteiger partial charge in [0.2, 0.25) is 0 Å². The van der Waals surface area contributed by atoms with Crippen molar-refractivity contribution in [2.24, 2.45) is 0 Å². The Labute approximate surface area is 105 Å². The first-order valence-corrected chi connectivity index (χ1v) is 6.08. The Morgan fingerprint density at radius 3 is 2.50 bits per heavy atom. The largest absolute Gasteiger partial charge is 0.289 e. The Morgan fingerprint density at radius 2 is 1.72 bits per heavy atom. The summed E-state index contributed by atoms with van der Waals surface area (Å²) in [6, 6.07) is 11.6. The molecule has 0 aliphatic rings. The third kappa shape index (κ3) is 1.56. The molecule has 0 atom stereocenters. The number of fused-ring (bicyclic) bond motifs is 2. The molecule has 3 aromatic rings. The minimum Gasteiger partial charge on any atom is -0.289 e. The molecule has 0 fully saturated rings.